The molecule has 1 aliphatic rings. The molecule has 0 unspecified atom stereocenters. The van der Waals surface area contributed by atoms with Crippen molar-refractivity contribution in [2.75, 3.05) is 24.4 Å². The molecule has 112 valence electrons. The fourth-order valence-corrected chi connectivity index (χ4v) is 3.01. The van der Waals surface area contributed by atoms with E-state index in [9.17, 15) is 0 Å². The third kappa shape index (κ3) is 3.51. The second-order valence-corrected chi connectivity index (χ2v) is 6.18. The molecule has 2 heterocycles. The zero-order valence-electron chi connectivity index (χ0n) is 12.4. The van der Waals surface area contributed by atoms with Crippen molar-refractivity contribution in [3.05, 3.63) is 34.3 Å². The van der Waals surface area contributed by atoms with Gasteiger partial charge in [0.25, 0.3) is 0 Å². The molecular weight excluding hydrogens is 284 g/mol. The molecular formula is C15H20N4OS. The number of anilines is 2. The molecule has 5 nitrogen and oxygen atoms in total. The largest absolute Gasteiger partial charge is 0.377 e. The van der Waals surface area contributed by atoms with Crippen LogP contribution in [0.5, 0.6) is 0 Å². The van der Waals surface area contributed by atoms with Crippen LogP contribution in [0.15, 0.2) is 23.6 Å². The van der Waals surface area contributed by atoms with Crippen LogP contribution in [-0.2, 0) is 17.9 Å². The summed E-state index contributed by atoms with van der Waals surface area (Å²) in [5, 5.41) is 5.23. The van der Waals surface area contributed by atoms with E-state index in [4.69, 9.17) is 4.74 Å². The van der Waals surface area contributed by atoms with Gasteiger partial charge in [0.2, 0.25) is 0 Å². The Morgan fingerprint density at radius 1 is 1.43 bits per heavy atom. The van der Waals surface area contributed by atoms with Gasteiger partial charge in [-0.2, -0.15) is 0 Å². The monoisotopic (exact) mass is 304 g/mol. The van der Waals surface area contributed by atoms with Gasteiger partial charge in [-0.05, 0) is 24.3 Å². The number of nitrogens with one attached hydrogen (secondary N) is 1. The van der Waals surface area contributed by atoms with E-state index in [2.05, 4.69) is 37.7 Å². The molecule has 0 radical (unpaired) electrons. The van der Waals surface area contributed by atoms with Gasteiger partial charge in [0, 0.05) is 31.1 Å². The molecule has 0 spiro atoms. The highest BCUT2D eigenvalue weighted by Gasteiger charge is 2.30. The van der Waals surface area contributed by atoms with Crippen molar-refractivity contribution in [2.24, 2.45) is 0 Å². The molecule has 21 heavy (non-hydrogen) atoms. The smallest absolute Gasteiger partial charge is 0.158 e. The lowest BCUT2D eigenvalue weighted by Gasteiger charge is -2.23. The Labute approximate surface area is 129 Å². The first kappa shape index (κ1) is 14.3. The van der Waals surface area contributed by atoms with E-state index in [1.807, 2.05) is 13.1 Å². The fraction of sp³-hybridized carbons (Fsp3) is 0.467. The Morgan fingerprint density at radius 3 is 2.90 bits per heavy atom. The Bertz CT molecular complexity index is 583. The summed E-state index contributed by atoms with van der Waals surface area (Å²) in [5.41, 5.74) is 0. The summed E-state index contributed by atoms with van der Waals surface area (Å²) >= 11 is 1.79. The number of methoxy groups -OCH3 is 1. The van der Waals surface area contributed by atoms with Crippen molar-refractivity contribution in [1.82, 2.24) is 9.97 Å². The predicted octanol–water partition coefficient (Wildman–Crippen LogP) is 2.90. The minimum absolute atomic E-state index is 0.431. The Morgan fingerprint density at radius 2 is 2.29 bits per heavy atom. The summed E-state index contributed by atoms with van der Waals surface area (Å²) in [7, 11) is 3.54. The normalized spacial score (nSPS) is 14.2. The number of nitrogens with zero attached hydrogens (tertiary/aromatic N) is 3. The minimum atomic E-state index is 0.431. The number of thiophene rings is 1. The SMILES string of the molecule is CNc1cc(N(Cc2cccs2)C2CC2)nc(COC)n1. The summed E-state index contributed by atoms with van der Waals surface area (Å²) in [6.07, 6.45) is 2.48. The van der Waals surface area contributed by atoms with E-state index in [1.165, 1.54) is 17.7 Å². The molecule has 0 aromatic carbocycles. The molecule has 3 rings (SSSR count). The number of hydrogen-bond acceptors (Lipinski definition) is 6. The highest BCUT2D eigenvalue weighted by molar-refractivity contribution is 7.09. The Hall–Kier alpha value is -1.66. The predicted molar refractivity (Wildman–Crippen MR) is 85.8 cm³/mol. The first-order chi connectivity index (χ1) is 10.3. The molecule has 0 atom stereocenters. The highest BCUT2D eigenvalue weighted by Crippen LogP contribution is 2.33. The molecule has 2 aromatic heterocycles. The summed E-state index contributed by atoms with van der Waals surface area (Å²) < 4.78 is 5.17. The summed E-state index contributed by atoms with van der Waals surface area (Å²) in [6.45, 7) is 1.34. The van der Waals surface area contributed by atoms with Crippen LogP contribution in [0.3, 0.4) is 0 Å². The maximum atomic E-state index is 5.17. The van der Waals surface area contributed by atoms with Crippen LogP contribution >= 0.6 is 11.3 Å². The molecule has 0 saturated heterocycles. The number of ether oxygens (including phenoxy) is 1. The highest BCUT2D eigenvalue weighted by atomic mass is 32.1. The minimum Gasteiger partial charge on any atom is -0.377 e. The molecule has 0 bridgehead atoms. The molecule has 0 aliphatic heterocycles. The van der Waals surface area contributed by atoms with Gasteiger partial charge in [-0.3, -0.25) is 0 Å². The van der Waals surface area contributed by atoms with Crippen molar-refractivity contribution in [2.45, 2.75) is 32.0 Å². The van der Waals surface area contributed by atoms with Gasteiger partial charge in [-0.1, -0.05) is 6.07 Å². The van der Waals surface area contributed by atoms with Crippen LogP contribution in [-0.4, -0.2) is 30.2 Å². The number of aromatic nitrogens is 2. The van der Waals surface area contributed by atoms with Crippen LogP contribution in [0.2, 0.25) is 0 Å². The van der Waals surface area contributed by atoms with Gasteiger partial charge >= 0.3 is 0 Å². The third-order valence-corrected chi connectivity index (χ3v) is 4.34. The average molecular weight is 304 g/mol. The first-order valence-corrected chi connectivity index (χ1v) is 8.02. The van der Waals surface area contributed by atoms with Crippen LogP contribution in [0.25, 0.3) is 0 Å². The quantitative estimate of drug-likeness (QED) is 0.852. The van der Waals surface area contributed by atoms with Crippen molar-refractivity contribution in [1.29, 1.82) is 0 Å². The maximum absolute atomic E-state index is 5.17. The van der Waals surface area contributed by atoms with Crippen LogP contribution in [0.4, 0.5) is 11.6 Å². The molecule has 1 aliphatic carbocycles. The second kappa shape index (κ2) is 6.41. The summed E-state index contributed by atoms with van der Waals surface area (Å²) in [4.78, 5) is 12.8. The van der Waals surface area contributed by atoms with Crippen molar-refractivity contribution in [3.8, 4) is 0 Å². The number of rotatable bonds is 7. The topological polar surface area (TPSA) is 50.3 Å². The van der Waals surface area contributed by atoms with Gasteiger partial charge in [0.05, 0.1) is 6.54 Å². The van der Waals surface area contributed by atoms with E-state index in [-0.39, 0.29) is 0 Å². The zero-order chi connectivity index (χ0) is 14.7. The standard InChI is InChI=1S/C15H20N4OS/c1-16-13-8-15(18-14(17-13)10-20-2)19(11-5-6-11)9-12-4-3-7-21-12/h3-4,7-8,11H,5-6,9-10H2,1-2H3,(H,16,17,18). The van der Waals surface area contributed by atoms with Gasteiger partial charge < -0.3 is 15.0 Å². The van der Waals surface area contributed by atoms with Gasteiger partial charge in [-0.15, -0.1) is 11.3 Å². The molecule has 0 amide bonds. The molecule has 6 heteroatoms. The van der Waals surface area contributed by atoms with E-state index in [0.29, 0.717) is 12.6 Å². The molecule has 1 saturated carbocycles. The zero-order valence-corrected chi connectivity index (χ0v) is 13.2. The van der Waals surface area contributed by atoms with Crippen LogP contribution < -0.4 is 10.2 Å². The molecule has 1 N–H and O–H groups in total. The summed E-state index contributed by atoms with van der Waals surface area (Å²) in [6, 6.07) is 6.89. The second-order valence-electron chi connectivity index (χ2n) is 5.15. The summed E-state index contributed by atoms with van der Waals surface area (Å²) in [5.74, 6) is 2.54. The van der Waals surface area contributed by atoms with E-state index in [0.717, 1.165) is 24.0 Å². The van der Waals surface area contributed by atoms with E-state index in [1.54, 1.807) is 18.4 Å². The van der Waals surface area contributed by atoms with Gasteiger partial charge in [0.1, 0.15) is 18.2 Å². The maximum Gasteiger partial charge on any atom is 0.158 e. The fourth-order valence-electron chi connectivity index (χ4n) is 2.31. The Balaban J connectivity index is 1.88. The van der Waals surface area contributed by atoms with Crippen LogP contribution in [0.1, 0.15) is 23.5 Å². The lowest BCUT2D eigenvalue weighted by Crippen LogP contribution is -2.26. The van der Waals surface area contributed by atoms with Crippen molar-refractivity contribution >= 4 is 23.0 Å². The average Bonchev–Trinajstić information content (AvgIpc) is 3.21. The Kier molecular flexibility index (Phi) is 4.36. The van der Waals surface area contributed by atoms with E-state index >= 15 is 0 Å². The van der Waals surface area contributed by atoms with Gasteiger partial charge in [-0.25, -0.2) is 9.97 Å². The lowest BCUT2D eigenvalue weighted by atomic mass is 10.3. The first-order valence-electron chi connectivity index (χ1n) is 7.14. The molecule has 1 fully saturated rings. The van der Waals surface area contributed by atoms with E-state index < -0.39 is 0 Å². The van der Waals surface area contributed by atoms with Crippen LogP contribution in [0, 0.1) is 0 Å². The van der Waals surface area contributed by atoms with Crippen molar-refractivity contribution < 1.29 is 4.74 Å². The lowest BCUT2D eigenvalue weighted by molar-refractivity contribution is 0.178. The third-order valence-electron chi connectivity index (χ3n) is 3.48. The van der Waals surface area contributed by atoms with Crippen molar-refractivity contribution in [3.63, 3.8) is 0 Å². The number of hydrogen-bond donors (Lipinski definition) is 1. The van der Waals surface area contributed by atoms with Gasteiger partial charge in [0.15, 0.2) is 5.82 Å². The molecule has 2 aromatic rings.